The van der Waals surface area contributed by atoms with Crippen molar-refractivity contribution in [1.82, 2.24) is 0 Å². The summed E-state index contributed by atoms with van der Waals surface area (Å²) in [5.41, 5.74) is 2.23. The second kappa shape index (κ2) is 5.82. The van der Waals surface area contributed by atoms with Crippen LogP contribution in [0.15, 0.2) is 12.1 Å². The van der Waals surface area contributed by atoms with Gasteiger partial charge in [0, 0.05) is 11.4 Å². The molecule has 0 heterocycles. The number of ether oxygens (including phenoxy) is 1. The third-order valence-corrected chi connectivity index (χ3v) is 2.74. The fourth-order valence-corrected chi connectivity index (χ4v) is 1.99. The second-order valence-electron chi connectivity index (χ2n) is 4.05. The van der Waals surface area contributed by atoms with Gasteiger partial charge in [0.05, 0.1) is 7.11 Å². The minimum Gasteiger partial charge on any atom is -0.496 e. The highest BCUT2D eigenvalue weighted by atomic mass is 35.5. The van der Waals surface area contributed by atoms with Crippen molar-refractivity contribution >= 4 is 11.6 Å². The lowest BCUT2D eigenvalue weighted by atomic mass is 9.97. The van der Waals surface area contributed by atoms with Crippen LogP contribution in [0.1, 0.15) is 37.3 Å². The van der Waals surface area contributed by atoms with E-state index in [0.717, 1.165) is 28.3 Å². The van der Waals surface area contributed by atoms with Gasteiger partial charge in [0.2, 0.25) is 0 Å². The summed E-state index contributed by atoms with van der Waals surface area (Å²) in [4.78, 5) is 0. The van der Waals surface area contributed by atoms with Crippen LogP contribution in [0.2, 0.25) is 5.02 Å². The van der Waals surface area contributed by atoms with Crippen LogP contribution in [-0.4, -0.2) is 7.11 Å². The maximum Gasteiger partial charge on any atom is 0.125 e. The number of benzene rings is 1. The highest BCUT2D eigenvalue weighted by Gasteiger charge is 2.13. The van der Waals surface area contributed by atoms with Crippen LogP contribution in [0.25, 0.3) is 0 Å². The van der Waals surface area contributed by atoms with E-state index in [4.69, 9.17) is 22.8 Å². The van der Waals surface area contributed by atoms with Crippen molar-refractivity contribution in [3.63, 3.8) is 0 Å². The SMILES string of the molecule is C#CCCc1cc(Cl)cc(C(C)C)c1OC. The molecule has 0 N–H and O–H groups in total. The molecule has 1 rings (SSSR count). The predicted octanol–water partition coefficient (Wildman–Crippen LogP) is 4.04. The van der Waals surface area contributed by atoms with E-state index in [2.05, 4.69) is 19.8 Å². The molecule has 1 aromatic carbocycles. The lowest BCUT2D eigenvalue weighted by Crippen LogP contribution is -1.99. The molecular weight excluding hydrogens is 220 g/mol. The van der Waals surface area contributed by atoms with Gasteiger partial charge < -0.3 is 4.74 Å². The van der Waals surface area contributed by atoms with Gasteiger partial charge in [-0.3, -0.25) is 0 Å². The minimum absolute atomic E-state index is 0.387. The first-order valence-electron chi connectivity index (χ1n) is 5.40. The second-order valence-corrected chi connectivity index (χ2v) is 4.48. The van der Waals surface area contributed by atoms with Crippen molar-refractivity contribution in [1.29, 1.82) is 0 Å². The molecule has 0 radical (unpaired) electrons. The lowest BCUT2D eigenvalue weighted by molar-refractivity contribution is 0.402. The van der Waals surface area contributed by atoms with E-state index >= 15 is 0 Å². The van der Waals surface area contributed by atoms with Gasteiger partial charge in [-0.05, 0) is 35.6 Å². The van der Waals surface area contributed by atoms with Crippen molar-refractivity contribution in [2.45, 2.75) is 32.6 Å². The molecule has 2 heteroatoms. The molecule has 0 aromatic heterocycles. The Hall–Kier alpha value is -1.13. The average Bonchev–Trinajstić information content (AvgIpc) is 2.25. The topological polar surface area (TPSA) is 9.23 Å². The fraction of sp³-hybridized carbons (Fsp3) is 0.429. The van der Waals surface area contributed by atoms with E-state index in [1.807, 2.05) is 12.1 Å². The molecule has 0 unspecified atom stereocenters. The predicted molar refractivity (Wildman–Crippen MR) is 69.2 cm³/mol. The van der Waals surface area contributed by atoms with Gasteiger partial charge in [-0.15, -0.1) is 12.3 Å². The summed E-state index contributed by atoms with van der Waals surface area (Å²) < 4.78 is 5.46. The number of hydrogen-bond donors (Lipinski definition) is 0. The zero-order chi connectivity index (χ0) is 12.1. The molecule has 0 aliphatic heterocycles. The van der Waals surface area contributed by atoms with E-state index in [9.17, 15) is 0 Å². The van der Waals surface area contributed by atoms with Gasteiger partial charge in [0.25, 0.3) is 0 Å². The average molecular weight is 237 g/mol. The van der Waals surface area contributed by atoms with E-state index in [1.54, 1.807) is 7.11 Å². The molecule has 0 aliphatic carbocycles. The Morgan fingerprint density at radius 2 is 2.12 bits per heavy atom. The Labute approximate surface area is 103 Å². The highest BCUT2D eigenvalue weighted by molar-refractivity contribution is 6.30. The summed E-state index contributed by atoms with van der Waals surface area (Å²) in [6.45, 7) is 4.25. The first-order chi connectivity index (χ1) is 7.60. The summed E-state index contributed by atoms with van der Waals surface area (Å²) in [5, 5.41) is 0.747. The molecule has 0 atom stereocenters. The first-order valence-corrected chi connectivity index (χ1v) is 5.77. The van der Waals surface area contributed by atoms with Crippen LogP contribution in [0.5, 0.6) is 5.75 Å². The Morgan fingerprint density at radius 3 is 2.62 bits per heavy atom. The van der Waals surface area contributed by atoms with Crippen molar-refractivity contribution in [3.05, 3.63) is 28.3 Å². The Kier molecular flexibility index (Phi) is 4.71. The molecule has 16 heavy (non-hydrogen) atoms. The molecule has 1 nitrogen and oxygen atoms in total. The molecular formula is C14H17ClO. The number of halogens is 1. The molecule has 0 fully saturated rings. The largest absolute Gasteiger partial charge is 0.496 e. The summed E-state index contributed by atoms with van der Waals surface area (Å²) in [7, 11) is 1.69. The van der Waals surface area contributed by atoms with Crippen LogP contribution in [0, 0.1) is 12.3 Å². The Balaban J connectivity index is 3.20. The van der Waals surface area contributed by atoms with Gasteiger partial charge in [-0.1, -0.05) is 25.4 Å². The van der Waals surface area contributed by atoms with Crippen molar-refractivity contribution in [2.24, 2.45) is 0 Å². The highest BCUT2D eigenvalue weighted by Crippen LogP contribution is 2.33. The Morgan fingerprint density at radius 1 is 1.44 bits per heavy atom. The van der Waals surface area contributed by atoms with Gasteiger partial charge in [-0.25, -0.2) is 0 Å². The summed E-state index contributed by atoms with van der Waals surface area (Å²) in [5.74, 6) is 3.95. The van der Waals surface area contributed by atoms with Crippen LogP contribution in [0.3, 0.4) is 0 Å². The fourth-order valence-electron chi connectivity index (χ4n) is 1.74. The molecule has 0 amide bonds. The maximum atomic E-state index is 6.09. The third kappa shape index (κ3) is 2.93. The van der Waals surface area contributed by atoms with E-state index in [0.29, 0.717) is 12.3 Å². The molecule has 0 aliphatic rings. The number of hydrogen-bond acceptors (Lipinski definition) is 1. The normalized spacial score (nSPS) is 10.2. The zero-order valence-electron chi connectivity index (χ0n) is 10.0. The Bertz CT molecular complexity index is 402. The van der Waals surface area contributed by atoms with Crippen LogP contribution < -0.4 is 4.74 Å². The zero-order valence-corrected chi connectivity index (χ0v) is 10.8. The number of terminal acetylenes is 1. The van der Waals surface area contributed by atoms with Crippen LogP contribution in [0.4, 0.5) is 0 Å². The maximum absolute atomic E-state index is 6.09. The number of rotatable bonds is 4. The molecule has 1 aromatic rings. The lowest BCUT2D eigenvalue weighted by Gasteiger charge is -2.16. The molecule has 0 spiro atoms. The van der Waals surface area contributed by atoms with Crippen LogP contribution >= 0.6 is 11.6 Å². The number of methoxy groups -OCH3 is 1. The van der Waals surface area contributed by atoms with Crippen LogP contribution in [-0.2, 0) is 6.42 Å². The molecule has 86 valence electrons. The van der Waals surface area contributed by atoms with Crippen molar-refractivity contribution in [2.75, 3.05) is 7.11 Å². The molecule has 0 saturated heterocycles. The summed E-state index contributed by atoms with van der Waals surface area (Å²) in [6.07, 6.45) is 6.79. The van der Waals surface area contributed by atoms with Gasteiger partial charge in [-0.2, -0.15) is 0 Å². The summed E-state index contributed by atoms with van der Waals surface area (Å²) >= 11 is 6.09. The third-order valence-electron chi connectivity index (χ3n) is 2.52. The van der Waals surface area contributed by atoms with Gasteiger partial charge in [0.1, 0.15) is 5.75 Å². The van der Waals surface area contributed by atoms with Crippen molar-refractivity contribution < 1.29 is 4.74 Å². The van der Waals surface area contributed by atoms with E-state index in [1.165, 1.54) is 0 Å². The monoisotopic (exact) mass is 236 g/mol. The smallest absolute Gasteiger partial charge is 0.125 e. The van der Waals surface area contributed by atoms with E-state index in [-0.39, 0.29) is 0 Å². The first kappa shape index (κ1) is 12.9. The standard InChI is InChI=1S/C14H17ClO/c1-5-6-7-11-8-12(15)9-13(10(2)3)14(11)16-4/h1,8-10H,6-7H2,2-4H3. The molecule has 0 saturated carbocycles. The van der Waals surface area contributed by atoms with E-state index < -0.39 is 0 Å². The minimum atomic E-state index is 0.387. The molecule has 0 bridgehead atoms. The van der Waals surface area contributed by atoms with Crippen molar-refractivity contribution in [3.8, 4) is 18.1 Å². The van der Waals surface area contributed by atoms with Gasteiger partial charge >= 0.3 is 0 Å². The summed E-state index contributed by atoms with van der Waals surface area (Å²) in [6, 6.07) is 3.90. The van der Waals surface area contributed by atoms with Gasteiger partial charge in [0.15, 0.2) is 0 Å². The number of aryl methyl sites for hydroxylation is 1. The quantitative estimate of drug-likeness (QED) is 0.717.